The van der Waals surface area contributed by atoms with Crippen molar-refractivity contribution in [2.45, 2.75) is 295 Å². The lowest BCUT2D eigenvalue weighted by molar-refractivity contribution is -0.124. The average Bonchev–Trinajstić information content (AvgIpc) is 3.26. The number of allylic oxidation sites excluding steroid dienone is 8. The molecule has 0 spiro atoms. The van der Waals surface area contributed by atoms with Crippen LogP contribution in [0.25, 0.3) is 0 Å². The van der Waals surface area contributed by atoms with Crippen molar-refractivity contribution in [1.82, 2.24) is 5.32 Å². The van der Waals surface area contributed by atoms with E-state index in [1.165, 1.54) is 199 Å². The maximum absolute atomic E-state index is 12.5. The summed E-state index contributed by atoms with van der Waals surface area (Å²) in [6.07, 6.45) is 66.9. The van der Waals surface area contributed by atoms with Crippen molar-refractivity contribution in [2.24, 2.45) is 0 Å². The Morgan fingerprint density at radius 2 is 0.721 bits per heavy atom. The third-order valence-corrected chi connectivity index (χ3v) is 12.4. The van der Waals surface area contributed by atoms with Crippen molar-refractivity contribution in [3.63, 3.8) is 0 Å². The predicted molar refractivity (Wildman–Crippen MR) is 268 cm³/mol. The summed E-state index contributed by atoms with van der Waals surface area (Å²) in [5, 5.41) is 33.6. The maximum Gasteiger partial charge on any atom is 0.220 e. The number of hydrogen-bond acceptors (Lipinski definition) is 4. The minimum atomic E-state index is -1.17. The molecule has 5 nitrogen and oxygen atoms in total. The first kappa shape index (κ1) is 59.3. The number of aliphatic hydroxyl groups is 3. The summed E-state index contributed by atoms with van der Waals surface area (Å²) >= 11 is 0. The van der Waals surface area contributed by atoms with Gasteiger partial charge in [0.2, 0.25) is 5.91 Å². The molecule has 5 heteroatoms. The molecule has 1 amide bonds. The van der Waals surface area contributed by atoms with Gasteiger partial charge in [-0.15, -0.1) is 0 Å². The highest BCUT2D eigenvalue weighted by Gasteiger charge is 2.26. The maximum atomic E-state index is 12.5. The number of amides is 1. The molecule has 0 heterocycles. The Labute approximate surface area is 380 Å². The van der Waals surface area contributed by atoms with E-state index in [0.717, 1.165) is 51.4 Å². The Hall–Kier alpha value is -1.69. The molecule has 0 radical (unpaired) electrons. The molecular weight excluding hydrogens is 751 g/mol. The van der Waals surface area contributed by atoms with Crippen LogP contribution < -0.4 is 5.32 Å². The van der Waals surface area contributed by atoms with E-state index in [1.54, 1.807) is 0 Å². The van der Waals surface area contributed by atoms with Gasteiger partial charge in [-0.05, 0) is 83.5 Å². The van der Waals surface area contributed by atoms with Gasteiger partial charge in [-0.3, -0.25) is 4.79 Å². The molecule has 0 saturated carbocycles. The van der Waals surface area contributed by atoms with Crippen LogP contribution in [0.3, 0.4) is 0 Å². The Bertz CT molecular complexity index is 989. The van der Waals surface area contributed by atoms with Gasteiger partial charge in [0.1, 0.15) is 6.10 Å². The monoisotopic (exact) mass is 856 g/mol. The van der Waals surface area contributed by atoms with Crippen LogP contribution in [0.15, 0.2) is 48.6 Å². The van der Waals surface area contributed by atoms with Crippen molar-refractivity contribution in [3.05, 3.63) is 48.6 Å². The Morgan fingerprint density at radius 1 is 0.410 bits per heavy atom. The zero-order valence-corrected chi connectivity index (χ0v) is 40.8. The SMILES string of the molecule is CCCCCCC/C=C/CC/C=C/CCCC(O)C(O)C(CO)NC(=O)CCCCCCCCCCCCCCCCCCC/C=C\C/C=C\CCCCCCCCCCC. The van der Waals surface area contributed by atoms with Gasteiger partial charge in [0.05, 0.1) is 18.8 Å². The minimum Gasteiger partial charge on any atom is -0.394 e. The van der Waals surface area contributed by atoms with Crippen molar-refractivity contribution in [3.8, 4) is 0 Å². The normalized spacial score (nSPS) is 13.7. The molecule has 61 heavy (non-hydrogen) atoms. The van der Waals surface area contributed by atoms with Crippen LogP contribution in [0, 0.1) is 0 Å². The van der Waals surface area contributed by atoms with E-state index in [1.807, 2.05) is 0 Å². The highest BCUT2D eigenvalue weighted by atomic mass is 16.3. The summed E-state index contributed by atoms with van der Waals surface area (Å²) in [6, 6.07) is -0.832. The quantitative estimate of drug-likeness (QED) is 0.0362. The number of rotatable bonds is 49. The Kier molecular flexibility index (Phi) is 49.5. The second-order valence-corrected chi connectivity index (χ2v) is 18.4. The molecule has 0 aliphatic rings. The molecule has 0 aliphatic heterocycles. The van der Waals surface area contributed by atoms with Crippen LogP contribution in [-0.4, -0.2) is 46.1 Å². The van der Waals surface area contributed by atoms with Crippen LogP contribution in [0.2, 0.25) is 0 Å². The van der Waals surface area contributed by atoms with Crippen molar-refractivity contribution in [2.75, 3.05) is 6.61 Å². The molecule has 0 aromatic rings. The molecule has 358 valence electrons. The van der Waals surface area contributed by atoms with E-state index in [0.29, 0.717) is 12.8 Å². The van der Waals surface area contributed by atoms with Crippen molar-refractivity contribution < 1.29 is 20.1 Å². The van der Waals surface area contributed by atoms with Gasteiger partial charge >= 0.3 is 0 Å². The highest BCUT2D eigenvalue weighted by Crippen LogP contribution is 2.16. The zero-order valence-electron chi connectivity index (χ0n) is 40.8. The topological polar surface area (TPSA) is 89.8 Å². The molecule has 3 atom stereocenters. The van der Waals surface area contributed by atoms with Gasteiger partial charge in [-0.1, -0.05) is 236 Å². The lowest BCUT2D eigenvalue weighted by Crippen LogP contribution is -2.50. The van der Waals surface area contributed by atoms with Gasteiger partial charge in [0.15, 0.2) is 0 Å². The Balaban J connectivity index is 3.53. The fraction of sp³-hybridized carbons (Fsp3) is 0.839. The number of aliphatic hydroxyl groups excluding tert-OH is 3. The van der Waals surface area contributed by atoms with E-state index in [4.69, 9.17) is 0 Å². The first-order valence-corrected chi connectivity index (χ1v) is 26.9. The molecule has 0 aromatic heterocycles. The zero-order chi connectivity index (χ0) is 44.4. The lowest BCUT2D eigenvalue weighted by Gasteiger charge is -2.26. The summed E-state index contributed by atoms with van der Waals surface area (Å²) < 4.78 is 0. The van der Waals surface area contributed by atoms with E-state index < -0.39 is 18.2 Å². The fourth-order valence-corrected chi connectivity index (χ4v) is 8.21. The summed E-state index contributed by atoms with van der Waals surface area (Å²) in [7, 11) is 0. The second-order valence-electron chi connectivity index (χ2n) is 18.4. The van der Waals surface area contributed by atoms with Gasteiger partial charge in [-0.2, -0.15) is 0 Å². The van der Waals surface area contributed by atoms with E-state index in [-0.39, 0.29) is 12.5 Å². The minimum absolute atomic E-state index is 0.157. The van der Waals surface area contributed by atoms with Crippen molar-refractivity contribution in [1.29, 1.82) is 0 Å². The van der Waals surface area contributed by atoms with Crippen LogP contribution in [-0.2, 0) is 4.79 Å². The standard InChI is InChI=1S/C56H105NO4/c1-3-5-7-9-11-13-15-17-19-20-21-22-23-24-25-26-27-28-29-30-31-32-33-34-35-36-37-39-41-43-45-47-49-51-55(60)57-53(52-58)56(61)54(59)50-48-46-44-42-40-38-18-16-14-12-10-8-6-4-2/h16,18,21-22,24-25,42,44,53-54,56,58-59,61H,3-15,17,19-20,23,26-41,43,45-52H2,1-2H3,(H,57,60)/b18-16+,22-21-,25-24-,44-42+. The molecular formula is C56H105NO4. The van der Waals surface area contributed by atoms with E-state index >= 15 is 0 Å². The average molecular weight is 856 g/mol. The molecule has 0 fully saturated rings. The van der Waals surface area contributed by atoms with Gasteiger partial charge < -0.3 is 20.6 Å². The number of carbonyl (C=O) groups excluding carboxylic acids is 1. The summed E-state index contributed by atoms with van der Waals surface area (Å²) in [5.41, 5.74) is 0. The fourth-order valence-electron chi connectivity index (χ4n) is 8.21. The largest absolute Gasteiger partial charge is 0.394 e. The van der Waals surface area contributed by atoms with Crippen molar-refractivity contribution >= 4 is 5.91 Å². The van der Waals surface area contributed by atoms with E-state index in [2.05, 4.69) is 67.8 Å². The molecule has 0 rings (SSSR count). The van der Waals surface area contributed by atoms with Gasteiger partial charge in [0.25, 0.3) is 0 Å². The third-order valence-electron chi connectivity index (χ3n) is 12.4. The smallest absolute Gasteiger partial charge is 0.220 e. The molecule has 3 unspecified atom stereocenters. The number of carbonyl (C=O) groups is 1. The van der Waals surface area contributed by atoms with Crippen LogP contribution in [0.1, 0.15) is 277 Å². The first-order valence-electron chi connectivity index (χ1n) is 26.9. The van der Waals surface area contributed by atoms with E-state index in [9.17, 15) is 20.1 Å². The van der Waals surface area contributed by atoms with Gasteiger partial charge in [-0.25, -0.2) is 0 Å². The lowest BCUT2D eigenvalue weighted by atomic mass is 10.0. The van der Waals surface area contributed by atoms with Crippen LogP contribution >= 0.6 is 0 Å². The molecule has 0 bridgehead atoms. The molecule has 4 N–H and O–H groups in total. The third kappa shape index (κ3) is 46.1. The number of unbranched alkanes of at least 4 members (excludes halogenated alkanes) is 33. The Morgan fingerprint density at radius 3 is 1.10 bits per heavy atom. The number of hydrogen-bond donors (Lipinski definition) is 4. The molecule has 0 saturated heterocycles. The second kappa shape index (κ2) is 50.9. The first-order chi connectivity index (χ1) is 30.1. The number of nitrogens with one attached hydrogen (secondary N) is 1. The van der Waals surface area contributed by atoms with Crippen LogP contribution in [0.5, 0.6) is 0 Å². The summed E-state index contributed by atoms with van der Waals surface area (Å²) in [5.74, 6) is -0.157. The highest BCUT2D eigenvalue weighted by molar-refractivity contribution is 5.76. The molecule has 0 aliphatic carbocycles. The molecule has 0 aromatic carbocycles. The predicted octanol–water partition coefficient (Wildman–Crippen LogP) is 16.4. The summed E-state index contributed by atoms with van der Waals surface area (Å²) in [4.78, 5) is 12.5. The van der Waals surface area contributed by atoms with Gasteiger partial charge in [0, 0.05) is 6.42 Å². The summed E-state index contributed by atoms with van der Waals surface area (Å²) in [6.45, 7) is 4.16. The van der Waals surface area contributed by atoms with Crippen LogP contribution in [0.4, 0.5) is 0 Å².